The van der Waals surface area contributed by atoms with Crippen LogP contribution in [-0.2, 0) is 0 Å². The van der Waals surface area contributed by atoms with Crippen molar-refractivity contribution in [3.63, 3.8) is 0 Å². The van der Waals surface area contributed by atoms with Crippen molar-refractivity contribution in [2.24, 2.45) is 0 Å². The largest absolute Gasteiger partial charge is 0.376 e. The summed E-state index contributed by atoms with van der Waals surface area (Å²) in [7, 11) is 0. The van der Waals surface area contributed by atoms with Crippen LogP contribution in [0.5, 0.6) is 0 Å². The molecule has 0 unspecified atom stereocenters. The third-order valence-corrected chi connectivity index (χ3v) is 1.76. The van der Waals surface area contributed by atoms with Crippen LogP contribution in [0.25, 0.3) is 0 Å². The molecule has 4 heteroatoms. The van der Waals surface area contributed by atoms with Crippen molar-refractivity contribution in [2.75, 3.05) is 13.3 Å². The summed E-state index contributed by atoms with van der Waals surface area (Å²) in [4.78, 5) is 10.8. The van der Waals surface area contributed by atoms with Gasteiger partial charge in [0.25, 0.3) is 0 Å². The lowest BCUT2D eigenvalue weighted by Gasteiger charge is -2.01. The van der Waals surface area contributed by atoms with E-state index in [1.807, 2.05) is 6.08 Å². The highest BCUT2D eigenvalue weighted by Gasteiger charge is 1.92. The molecule has 0 aliphatic carbocycles. The molecule has 0 saturated carbocycles. The summed E-state index contributed by atoms with van der Waals surface area (Å²) >= 11 is 0. The minimum atomic E-state index is -0.342. The van der Waals surface area contributed by atoms with Gasteiger partial charge in [-0.2, -0.15) is 0 Å². The highest BCUT2D eigenvalue weighted by Crippen LogP contribution is 1.98. The maximum Gasteiger partial charge on any atom is 0.316 e. The molecule has 0 bridgehead atoms. The van der Waals surface area contributed by atoms with E-state index in [0.29, 0.717) is 6.54 Å². The molecular weight excluding hydrogens is 180 g/mol. The predicted molar refractivity (Wildman–Crippen MR) is 56.9 cm³/mol. The number of hydrogen-bond acceptors (Lipinski definition) is 2. The van der Waals surface area contributed by atoms with Gasteiger partial charge in [0.2, 0.25) is 0 Å². The molecule has 82 valence electrons. The van der Waals surface area contributed by atoms with Crippen molar-refractivity contribution in [3.05, 3.63) is 12.2 Å². The summed E-state index contributed by atoms with van der Waals surface area (Å²) in [5, 5.41) is 13.2. The van der Waals surface area contributed by atoms with E-state index in [1.165, 1.54) is 19.3 Å². The first-order valence-electron chi connectivity index (χ1n) is 5.08. The third kappa shape index (κ3) is 9.06. The quantitative estimate of drug-likeness (QED) is 0.330. The minimum absolute atomic E-state index is 0.327. The molecule has 2 amide bonds. The van der Waals surface area contributed by atoms with Crippen molar-refractivity contribution in [1.29, 1.82) is 0 Å². The number of rotatable bonds is 7. The Morgan fingerprint density at radius 2 is 2.07 bits per heavy atom. The fraction of sp³-hybridized carbons (Fsp3) is 0.700. The first kappa shape index (κ1) is 13.0. The fourth-order valence-corrected chi connectivity index (χ4v) is 0.999. The first-order valence-corrected chi connectivity index (χ1v) is 5.08. The lowest BCUT2D eigenvalue weighted by molar-refractivity contribution is 0.218. The number of urea groups is 1. The first-order chi connectivity index (χ1) is 6.81. The number of unbranched alkanes of at least 4 members (excludes halogenated alkanes) is 3. The number of hydrogen-bond donors (Lipinski definition) is 3. The molecular formula is C10H20N2O2. The zero-order valence-corrected chi connectivity index (χ0v) is 8.75. The van der Waals surface area contributed by atoms with E-state index < -0.39 is 0 Å². The number of aliphatic hydroxyl groups excluding tert-OH is 1. The highest BCUT2D eigenvalue weighted by atomic mass is 16.3. The highest BCUT2D eigenvalue weighted by molar-refractivity contribution is 5.73. The zero-order chi connectivity index (χ0) is 10.6. The van der Waals surface area contributed by atoms with E-state index in [1.54, 1.807) is 0 Å². The molecule has 3 N–H and O–H groups in total. The maximum atomic E-state index is 10.8. The van der Waals surface area contributed by atoms with Gasteiger partial charge in [-0.25, -0.2) is 4.79 Å². The number of carbonyl (C=O) groups excluding carboxylic acids is 1. The summed E-state index contributed by atoms with van der Waals surface area (Å²) < 4.78 is 0. The molecule has 0 heterocycles. The number of amides is 2. The van der Waals surface area contributed by atoms with Crippen LogP contribution in [0.2, 0.25) is 0 Å². The van der Waals surface area contributed by atoms with Gasteiger partial charge in [-0.05, 0) is 12.8 Å². The van der Waals surface area contributed by atoms with Crippen LogP contribution in [0, 0.1) is 0 Å². The van der Waals surface area contributed by atoms with Crippen LogP contribution in [0.15, 0.2) is 12.2 Å². The summed E-state index contributed by atoms with van der Waals surface area (Å²) in [5.74, 6) is 0. The van der Waals surface area contributed by atoms with Crippen molar-refractivity contribution in [1.82, 2.24) is 10.6 Å². The van der Waals surface area contributed by atoms with Crippen molar-refractivity contribution < 1.29 is 9.90 Å². The molecule has 0 aliphatic heterocycles. The van der Waals surface area contributed by atoms with Gasteiger partial charge in [-0.1, -0.05) is 31.9 Å². The Morgan fingerprint density at radius 1 is 1.29 bits per heavy atom. The van der Waals surface area contributed by atoms with Crippen LogP contribution < -0.4 is 10.6 Å². The topological polar surface area (TPSA) is 61.4 Å². The van der Waals surface area contributed by atoms with Crippen LogP contribution in [0.3, 0.4) is 0 Å². The Kier molecular flexibility index (Phi) is 9.31. The molecule has 4 nitrogen and oxygen atoms in total. The smallest absolute Gasteiger partial charge is 0.316 e. The zero-order valence-electron chi connectivity index (χ0n) is 8.75. The van der Waals surface area contributed by atoms with Gasteiger partial charge in [0.05, 0.1) is 0 Å². The van der Waals surface area contributed by atoms with Gasteiger partial charge >= 0.3 is 6.03 Å². The monoisotopic (exact) mass is 200 g/mol. The van der Waals surface area contributed by atoms with Crippen LogP contribution in [-0.4, -0.2) is 24.4 Å². The molecule has 0 aromatic carbocycles. The van der Waals surface area contributed by atoms with Crippen molar-refractivity contribution in [3.8, 4) is 0 Å². The number of nitrogens with one attached hydrogen (secondary N) is 2. The summed E-state index contributed by atoms with van der Waals surface area (Å²) in [6.07, 6.45) is 8.74. The van der Waals surface area contributed by atoms with Gasteiger partial charge < -0.3 is 15.7 Å². The van der Waals surface area contributed by atoms with E-state index in [2.05, 4.69) is 23.6 Å². The predicted octanol–water partition coefficient (Wildman–Crippen LogP) is 1.37. The van der Waals surface area contributed by atoms with Gasteiger partial charge in [-0.3, -0.25) is 0 Å². The number of allylic oxidation sites excluding steroid dienone is 1. The summed E-state index contributed by atoms with van der Waals surface area (Å²) in [6, 6.07) is -0.342. The second kappa shape index (κ2) is 10.1. The lowest BCUT2D eigenvalue weighted by Crippen LogP contribution is -2.35. The average molecular weight is 200 g/mol. The minimum Gasteiger partial charge on any atom is -0.376 e. The molecule has 0 saturated heterocycles. The summed E-state index contributed by atoms with van der Waals surface area (Å²) in [6.45, 7) is 2.36. The van der Waals surface area contributed by atoms with Crippen molar-refractivity contribution >= 4 is 6.03 Å². The average Bonchev–Trinajstić information content (AvgIpc) is 2.17. The van der Waals surface area contributed by atoms with E-state index in [-0.39, 0.29) is 12.8 Å². The van der Waals surface area contributed by atoms with E-state index in [9.17, 15) is 4.79 Å². The van der Waals surface area contributed by atoms with Gasteiger partial charge in [0.1, 0.15) is 6.73 Å². The molecule has 0 spiro atoms. The normalized spacial score (nSPS) is 10.4. The fourth-order valence-electron chi connectivity index (χ4n) is 0.999. The van der Waals surface area contributed by atoms with Crippen LogP contribution in [0.1, 0.15) is 32.6 Å². The third-order valence-electron chi connectivity index (χ3n) is 1.76. The van der Waals surface area contributed by atoms with E-state index in [4.69, 9.17) is 5.11 Å². The number of carbonyl (C=O) groups is 1. The molecule has 0 aliphatic rings. The number of aliphatic hydroxyl groups is 1. The summed E-state index contributed by atoms with van der Waals surface area (Å²) in [5.41, 5.74) is 0. The molecule has 0 aromatic heterocycles. The standard InChI is InChI=1S/C10H20N2O2/c1-2-3-4-5-6-7-8-11-10(14)12-9-13/h6-7,13H,2-5,8-9H2,1H3,(H2,11,12,14)/b7-6+. The Balaban J connectivity index is 3.21. The Hall–Kier alpha value is -1.03. The Bertz CT molecular complexity index is 170. The Morgan fingerprint density at radius 3 is 2.71 bits per heavy atom. The van der Waals surface area contributed by atoms with Crippen LogP contribution >= 0.6 is 0 Å². The maximum absolute atomic E-state index is 10.8. The SMILES string of the molecule is CCCCC/C=C/CNC(=O)NCO. The van der Waals surface area contributed by atoms with Gasteiger partial charge in [-0.15, -0.1) is 0 Å². The van der Waals surface area contributed by atoms with E-state index in [0.717, 1.165) is 6.42 Å². The molecule has 0 fully saturated rings. The second-order valence-corrected chi connectivity index (χ2v) is 3.01. The van der Waals surface area contributed by atoms with Gasteiger partial charge in [0.15, 0.2) is 0 Å². The molecule has 0 aromatic rings. The second-order valence-electron chi connectivity index (χ2n) is 3.01. The molecule has 0 rings (SSSR count). The van der Waals surface area contributed by atoms with Crippen LogP contribution in [0.4, 0.5) is 4.79 Å². The molecule has 0 atom stereocenters. The lowest BCUT2D eigenvalue weighted by atomic mass is 10.2. The van der Waals surface area contributed by atoms with E-state index >= 15 is 0 Å². The Labute approximate surface area is 85.4 Å². The van der Waals surface area contributed by atoms with Crippen molar-refractivity contribution in [2.45, 2.75) is 32.6 Å². The molecule has 0 radical (unpaired) electrons. The van der Waals surface area contributed by atoms with Gasteiger partial charge in [0, 0.05) is 6.54 Å². The molecule has 14 heavy (non-hydrogen) atoms.